The zero-order valence-corrected chi connectivity index (χ0v) is 16.3. The van der Waals surface area contributed by atoms with E-state index in [2.05, 4.69) is 51.0 Å². The lowest BCUT2D eigenvalue weighted by atomic mass is 10.2. The molecule has 2 aromatic rings. The average molecular weight is 367 g/mol. The fourth-order valence-corrected chi connectivity index (χ4v) is 3.30. The van der Waals surface area contributed by atoms with Gasteiger partial charge in [-0.15, -0.1) is 0 Å². The largest absolute Gasteiger partial charge is 0.360 e. The Hall–Kier alpha value is -2.47. The lowest BCUT2D eigenvalue weighted by Gasteiger charge is -2.34. The van der Waals surface area contributed by atoms with E-state index in [1.54, 1.807) is 0 Å². The monoisotopic (exact) mass is 367 g/mol. The Labute approximate surface area is 161 Å². The van der Waals surface area contributed by atoms with Gasteiger partial charge in [0, 0.05) is 52.4 Å². The molecule has 1 amide bonds. The molecule has 1 aromatic heterocycles. The predicted octanol–water partition coefficient (Wildman–Crippen LogP) is 2.67. The van der Waals surface area contributed by atoms with Crippen molar-refractivity contribution in [3.05, 3.63) is 54.0 Å². The summed E-state index contributed by atoms with van der Waals surface area (Å²) in [6.45, 7) is 7.26. The van der Waals surface area contributed by atoms with E-state index in [0.29, 0.717) is 5.69 Å². The molecule has 1 aliphatic rings. The highest BCUT2D eigenvalue weighted by atomic mass is 16.2. The van der Waals surface area contributed by atoms with Crippen molar-refractivity contribution in [1.29, 1.82) is 0 Å². The Bertz CT molecular complexity index is 728. The van der Waals surface area contributed by atoms with Crippen molar-refractivity contribution >= 4 is 11.7 Å². The highest BCUT2D eigenvalue weighted by Crippen LogP contribution is 2.14. The van der Waals surface area contributed by atoms with E-state index in [-0.39, 0.29) is 5.91 Å². The number of aromatic nitrogens is 2. The molecular formula is C21H29N5O. The van der Waals surface area contributed by atoms with Gasteiger partial charge in [-0.2, -0.15) is 0 Å². The summed E-state index contributed by atoms with van der Waals surface area (Å²) in [4.78, 5) is 27.8. The highest BCUT2D eigenvalue weighted by Gasteiger charge is 2.23. The number of carbonyl (C=O) groups is 1. The fraction of sp³-hybridized carbons (Fsp3) is 0.476. The van der Waals surface area contributed by atoms with Gasteiger partial charge in [-0.1, -0.05) is 43.7 Å². The topological polar surface area (TPSA) is 52.6 Å². The molecule has 0 N–H and O–H groups in total. The van der Waals surface area contributed by atoms with Gasteiger partial charge >= 0.3 is 0 Å². The zero-order valence-electron chi connectivity index (χ0n) is 16.3. The zero-order chi connectivity index (χ0) is 19.1. The molecule has 0 saturated carbocycles. The molecule has 1 aromatic carbocycles. The molecule has 144 valence electrons. The van der Waals surface area contributed by atoms with Gasteiger partial charge in [-0.3, -0.25) is 9.69 Å². The Kier molecular flexibility index (Phi) is 6.76. The number of nitrogens with zero attached hydrogens (tertiary/aromatic N) is 5. The van der Waals surface area contributed by atoms with Crippen molar-refractivity contribution in [1.82, 2.24) is 19.8 Å². The first-order valence-corrected chi connectivity index (χ1v) is 9.76. The molecule has 0 aliphatic carbocycles. The minimum atomic E-state index is 0.00176. The smallest absolute Gasteiger partial charge is 0.272 e. The molecule has 1 aliphatic heterocycles. The van der Waals surface area contributed by atoms with Crippen molar-refractivity contribution in [2.24, 2.45) is 0 Å². The number of anilines is 1. The number of unbranched alkanes of at least 4 members (excludes halogenated alkanes) is 1. The van der Waals surface area contributed by atoms with Gasteiger partial charge in [-0.05, 0) is 12.0 Å². The van der Waals surface area contributed by atoms with E-state index in [4.69, 9.17) is 0 Å². The van der Waals surface area contributed by atoms with Gasteiger partial charge in [0.05, 0.1) is 0 Å². The number of amides is 1. The number of carbonyl (C=O) groups excluding carboxylic acids is 1. The van der Waals surface area contributed by atoms with Crippen LogP contribution >= 0.6 is 0 Å². The number of piperazine rings is 1. The molecule has 0 spiro atoms. The molecule has 3 rings (SSSR count). The summed E-state index contributed by atoms with van der Waals surface area (Å²) in [6.07, 6.45) is 3.73. The molecule has 1 saturated heterocycles. The van der Waals surface area contributed by atoms with Crippen LogP contribution in [0.25, 0.3) is 0 Å². The molecule has 27 heavy (non-hydrogen) atoms. The van der Waals surface area contributed by atoms with E-state index in [1.807, 2.05) is 24.1 Å². The molecule has 6 nitrogen and oxygen atoms in total. The number of hydrogen-bond donors (Lipinski definition) is 0. The predicted molar refractivity (Wildman–Crippen MR) is 108 cm³/mol. The number of hydrogen-bond acceptors (Lipinski definition) is 5. The van der Waals surface area contributed by atoms with Gasteiger partial charge in [0.2, 0.25) is 0 Å². The average Bonchev–Trinajstić information content (AvgIpc) is 2.73. The van der Waals surface area contributed by atoms with E-state index < -0.39 is 0 Å². The third kappa shape index (κ3) is 5.26. The normalized spacial score (nSPS) is 15.0. The lowest BCUT2D eigenvalue weighted by molar-refractivity contribution is 0.0622. The Morgan fingerprint density at radius 2 is 1.85 bits per heavy atom. The first-order valence-electron chi connectivity index (χ1n) is 9.76. The fourth-order valence-electron chi connectivity index (χ4n) is 3.30. The van der Waals surface area contributed by atoms with Crippen molar-refractivity contribution < 1.29 is 4.79 Å². The first kappa shape index (κ1) is 19.3. The van der Waals surface area contributed by atoms with Gasteiger partial charge in [0.25, 0.3) is 5.91 Å². The number of benzene rings is 1. The van der Waals surface area contributed by atoms with Crippen LogP contribution in [0.1, 0.15) is 35.8 Å². The molecule has 0 atom stereocenters. The summed E-state index contributed by atoms with van der Waals surface area (Å²) >= 11 is 0. The number of rotatable bonds is 7. The second-order valence-electron chi connectivity index (χ2n) is 7.09. The lowest BCUT2D eigenvalue weighted by Crippen LogP contribution is -2.48. The second kappa shape index (κ2) is 9.46. The molecule has 2 heterocycles. The summed E-state index contributed by atoms with van der Waals surface area (Å²) in [5.41, 5.74) is 1.80. The van der Waals surface area contributed by atoms with Crippen LogP contribution in [0.2, 0.25) is 0 Å². The maximum Gasteiger partial charge on any atom is 0.272 e. The maximum atomic E-state index is 12.9. The summed E-state index contributed by atoms with van der Waals surface area (Å²) in [6, 6.07) is 12.3. The van der Waals surface area contributed by atoms with Crippen LogP contribution in [0.5, 0.6) is 0 Å². The van der Waals surface area contributed by atoms with Crippen molar-refractivity contribution in [3.8, 4) is 0 Å². The van der Waals surface area contributed by atoms with Gasteiger partial charge in [-0.25, -0.2) is 9.97 Å². The minimum Gasteiger partial charge on any atom is -0.360 e. The Balaban J connectivity index is 1.56. The van der Waals surface area contributed by atoms with Crippen LogP contribution in [-0.4, -0.2) is 65.4 Å². The Morgan fingerprint density at radius 1 is 1.11 bits per heavy atom. The summed E-state index contributed by atoms with van der Waals surface area (Å²) in [5.74, 6) is 0.811. The van der Waals surface area contributed by atoms with E-state index in [0.717, 1.165) is 57.9 Å². The standard InChI is InChI=1S/C21H29N5O/c1-3-4-10-24(2)20-15-19(22-17-23-20)21(27)26-13-11-25(12-14-26)16-18-8-6-5-7-9-18/h5-9,15,17H,3-4,10-14,16H2,1-2H3. The van der Waals surface area contributed by atoms with Crippen molar-refractivity contribution in [2.45, 2.75) is 26.3 Å². The highest BCUT2D eigenvalue weighted by molar-refractivity contribution is 5.93. The molecule has 0 radical (unpaired) electrons. The van der Waals surface area contributed by atoms with Gasteiger partial charge < -0.3 is 9.80 Å². The molecular weight excluding hydrogens is 338 g/mol. The van der Waals surface area contributed by atoms with E-state index in [1.165, 1.54) is 11.9 Å². The van der Waals surface area contributed by atoms with Crippen LogP contribution in [0.3, 0.4) is 0 Å². The third-order valence-electron chi connectivity index (χ3n) is 5.02. The van der Waals surface area contributed by atoms with Crippen LogP contribution in [-0.2, 0) is 6.54 Å². The van der Waals surface area contributed by atoms with Crippen LogP contribution < -0.4 is 4.90 Å². The molecule has 0 unspecified atom stereocenters. The van der Waals surface area contributed by atoms with Crippen molar-refractivity contribution in [3.63, 3.8) is 0 Å². The quantitative estimate of drug-likeness (QED) is 0.753. The van der Waals surface area contributed by atoms with Crippen molar-refractivity contribution in [2.75, 3.05) is 44.7 Å². The SMILES string of the molecule is CCCCN(C)c1cc(C(=O)N2CCN(Cc3ccccc3)CC2)ncn1. The first-order chi connectivity index (χ1) is 13.2. The molecule has 0 bridgehead atoms. The minimum absolute atomic E-state index is 0.00176. The van der Waals surface area contributed by atoms with Crippen LogP contribution in [0.15, 0.2) is 42.7 Å². The summed E-state index contributed by atoms with van der Waals surface area (Å²) < 4.78 is 0. The van der Waals surface area contributed by atoms with Crippen LogP contribution in [0, 0.1) is 0 Å². The van der Waals surface area contributed by atoms with Crippen LogP contribution in [0.4, 0.5) is 5.82 Å². The molecule has 6 heteroatoms. The maximum absolute atomic E-state index is 12.9. The Morgan fingerprint density at radius 3 is 2.56 bits per heavy atom. The van der Waals surface area contributed by atoms with E-state index in [9.17, 15) is 4.79 Å². The summed E-state index contributed by atoms with van der Waals surface area (Å²) in [7, 11) is 2.01. The third-order valence-corrected chi connectivity index (χ3v) is 5.02. The van der Waals surface area contributed by atoms with Gasteiger partial charge in [0.1, 0.15) is 17.8 Å². The molecule has 1 fully saturated rings. The second-order valence-corrected chi connectivity index (χ2v) is 7.09. The summed E-state index contributed by atoms with van der Waals surface area (Å²) in [5, 5.41) is 0. The van der Waals surface area contributed by atoms with Gasteiger partial charge in [0.15, 0.2) is 0 Å². The van der Waals surface area contributed by atoms with E-state index >= 15 is 0 Å².